The van der Waals surface area contributed by atoms with Crippen molar-refractivity contribution in [2.24, 2.45) is 0 Å². The quantitative estimate of drug-likeness (QED) is 0.626. The molecular weight excluding hydrogens is 308 g/mol. The maximum Gasteiger partial charge on any atom is 0.127 e. The van der Waals surface area contributed by atoms with Crippen molar-refractivity contribution in [1.82, 2.24) is 10.3 Å². The number of nitrogens with zero attached hydrogens (tertiary/aromatic N) is 1. The first-order chi connectivity index (χ1) is 12.3. The van der Waals surface area contributed by atoms with Gasteiger partial charge in [-0.1, -0.05) is 24.3 Å². The molecule has 0 bridgehead atoms. The van der Waals surface area contributed by atoms with Crippen LogP contribution in [0.2, 0.25) is 0 Å². The molecule has 0 saturated heterocycles. The normalized spacial score (nSPS) is 16.1. The number of fused-ring (bicyclic) bond motifs is 2. The van der Waals surface area contributed by atoms with Gasteiger partial charge in [0, 0.05) is 35.6 Å². The van der Waals surface area contributed by atoms with Gasteiger partial charge in [0.05, 0.1) is 5.52 Å². The van der Waals surface area contributed by atoms with Crippen molar-refractivity contribution in [3.63, 3.8) is 0 Å². The first-order valence-electron chi connectivity index (χ1n) is 8.92. The minimum Gasteiger partial charge on any atom is -0.384 e. The molecule has 128 valence electrons. The van der Waals surface area contributed by atoms with Crippen LogP contribution in [-0.2, 0) is 6.42 Å². The van der Waals surface area contributed by atoms with E-state index < -0.39 is 0 Å². The Labute approximate surface area is 148 Å². The first-order valence-corrected chi connectivity index (χ1v) is 8.92. The number of anilines is 2. The second-order valence-electron chi connectivity index (χ2n) is 6.69. The molecule has 0 unspecified atom stereocenters. The van der Waals surface area contributed by atoms with E-state index in [0.29, 0.717) is 11.7 Å². The van der Waals surface area contributed by atoms with Crippen molar-refractivity contribution < 1.29 is 0 Å². The standard InChI is InChI=1S/C21H24N4/c1-23-10-11-24-16-7-9-20-15(12-16)13-19(21(22)25-20)18-8-6-14-4-2-3-5-17(14)18/h2-5,7,9,12-13,18,23-24H,6,8,10-11H2,1H3,(H2,22,25)/t18-/m1/s1. The van der Waals surface area contributed by atoms with Gasteiger partial charge in [-0.25, -0.2) is 4.98 Å². The van der Waals surface area contributed by atoms with Gasteiger partial charge in [-0.15, -0.1) is 0 Å². The van der Waals surface area contributed by atoms with Crippen LogP contribution in [0.3, 0.4) is 0 Å². The molecule has 25 heavy (non-hydrogen) atoms. The molecule has 4 rings (SSSR count). The molecule has 1 atom stereocenters. The van der Waals surface area contributed by atoms with Gasteiger partial charge in [-0.2, -0.15) is 0 Å². The Hall–Kier alpha value is -2.59. The van der Waals surface area contributed by atoms with E-state index in [4.69, 9.17) is 5.73 Å². The van der Waals surface area contributed by atoms with Crippen LogP contribution < -0.4 is 16.4 Å². The summed E-state index contributed by atoms with van der Waals surface area (Å²) in [5.41, 5.74) is 12.4. The third kappa shape index (κ3) is 3.05. The lowest BCUT2D eigenvalue weighted by molar-refractivity contribution is 0.788. The number of nitrogens with two attached hydrogens (primary N) is 1. The number of aryl methyl sites for hydroxylation is 1. The highest BCUT2D eigenvalue weighted by molar-refractivity contribution is 5.85. The van der Waals surface area contributed by atoms with Crippen LogP contribution in [-0.4, -0.2) is 25.1 Å². The van der Waals surface area contributed by atoms with Crippen molar-refractivity contribution in [3.05, 3.63) is 65.2 Å². The Bertz CT molecular complexity index is 904. The molecular formula is C21H24N4. The highest BCUT2D eigenvalue weighted by Gasteiger charge is 2.25. The largest absolute Gasteiger partial charge is 0.384 e. The molecule has 1 aromatic heterocycles. The van der Waals surface area contributed by atoms with Crippen LogP contribution in [0.15, 0.2) is 48.5 Å². The van der Waals surface area contributed by atoms with Crippen LogP contribution in [0.5, 0.6) is 0 Å². The fraction of sp³-hybridized carbons (Fsp3) is 0.286. The maximum atomic E-state index is 6.32. The van der Waals surface area contributed by atoms with E-state index in [2.05, 4.69) is 58.1 Å². The fourth-order valence-electron chi connectivity index (χ4n) is 3.81. The lowest BCUT2D eigenvalue weighted by Crippen LogP contribution is -2.17. The molecule has 3 aromatic rings. The number of hydrogen-bond acceptors (Lipinski definition) is 4. The molecule has 0 spiro atoms. The molecule has 4 N–H and O–H groups in total. The Balaban J connectivity index is 1.71. The molecule has 0 saturated carbocycles. The number of hydrogen-bond donors (Lipinski definition) is 3. The monoisotopic (exact) mass is 332 g/mol. The predicted molar refractivity (Wildman–Crippen MR) is 105 cm³/mol. The van der Waals surface area contributed by atoms with Gasteiger partial charge in [0.2, 0.25) is 0 Å². The predicted octanol–water partition coefficient (Wildman–Crippen LogP) is 3.53. The van der Waals surface area contributed by atoms with Gasteiger partial charge in [0.25, 0.3) is 0 Å². The van der Waals surface area contributed by atoms with Crippen molar-refractivity contribution in [2.45, 2.75) is 18.8 Å². The summed E-state index contributed by atoms with van der Waals surface area (Å²) in [6, 6.07) is 17.2. The number of nitrogen functional groups attached to an aromatic ring is 1. The van der Waals surface area contributed by atoms with E-state index in [-0.39, 0.29) is 0 Å². The summed E-state index contributed by atoms with van der Waals surface area (Å²) in [4.78, 5) is 4.67. The summed E-state index contributed by atoms with van der Waals surface area (Å²) in [6.07, 6.45) is 2.22. The fourth-order valence-corrected chi connectivity index (χ4v) is 3.81. The molecule has 0 radical (unpaired) electrons. The van der Waals surface area contributed by atoms with Crippen LogP contribution in [0.4, 0.5) is 11.5 Å². The highest BCUT2D eigenvalue weighted by atomic mass is 14.9. The first kappa shape index (κ1) is 15.9. The molecule has 0 aliphatic heterocycles. The SMILES string of the molecule is CNCCNc1ccc2nc(N)c([C@@H]3CCc4ccccc43)cc2c1. The molecule has 4 nitrogen and oxygen atoms in total. The van der Waals surface area contributed by atoms with Crippen LogP contribution in [0.25, 0.3) is 10.9 Å². The molecule has 0 amide bonds. The topological polar surface area (TPSA) is 63.0 Å². The average Bonchev–Trinajstić information content (AvgIpc) is 3.05. The number of likely N-dealkylation sites (N-methyl/N-ethyl adjacent to an activating group) is 1. The van der Waals surface area contributed by atoms with E-state index in [9.17, 15) is 0 Å². The zero-order valence-electron chi connectivity index (χ0n) is 14.5. The summed E-state index contributed by atoms with van der Waals surface area (Å²) >= 11 is 0. The maximum absolute atomic E-state index is 6.32. The smallest absolute Gasteiger partial charge is 0.127 e. The summed E-state index contributed by atoms with van der Waals surface area (Å²) in [6.45, 7) is 1.83. The lowest BCUT2D eigenvalue weighted by atomic mass is 9.92. The second kappa shape index (κ2) is 6.73. The molecule has 0 fully saturated rings. The minimum atomic E-state index is 0.356. The van der Waals surface area contributed by atoms with E-state index in [0.717, 1.165) is 48.1 Å². The lowest BCUT2D eigenvalue weighted by Gasteiger charge is -2.16. The Morgan fingerprint density at radius 1 is 1.08 bits per heavy atom. The number of nitrogens with one attached hydrogen (secondary N) is 2. The van der Waals surface area contributed by atoms with Crippen molar-refractivity contribution >= 4 is 22.4 Å². The zero-order valence-corrected chi connectivity index (χ0v) is 14.5. The number of aromatic nitrogens is 1. The van der Waals surface area contributed by atoms with Crippen LogP contribution in [0.1, 0.15) is 29.0 Å². The van der Waals surface area contributed by atoms with E-state index >= 15 is 0 Å². The summed E-state index contributed by atoms with van der Waals surface area (Å²) in [7, 11) is 1.96. The number of benzene rings is 2. The number of rotatable bonds is 5. The van der Waals surface area contributed by atoms with Gasteiger partial charge in [0.1, 0.15) is 5.82 Å². The van der Waals surface area contributed by atoms with Crippen molar-refractivity contribution in [3.8, 4) is 0 Å². The Kier molecular flexibility index (Phi) is 4.28. The summed E-state index contributed by atoms with van der Waals surface area (Å²) in [5.74, 6) is 1.01. The summed E-state index contributed by atoms with van der Waals surface area (Å²) < 4.78 is 0. The van der Waals surface area contributed by atoms with E-state index in [1.165, 1.54) is 11.1 Å². The second-order valence-corrected chi connectivity index (χ2v) is 6.69. The van der Waals surface area contributed by atoms with E-state index in [1.807, 2.05) is 13.1 Å². The van der Waals surface area contributed by atoms with Crippen molar-refractivity contribution in [1.29, 1.82) is 0 Å². The molecule has 1 aliphatic carbocycles. The molecule has 1 aliphatic rings. The van der Waals surface area contributed by atoms with Gasteiger partial charge in [-0.3, -0.25) is 0 Å². The third-order valence-electron chi connectivity index (χ3n) is 5.09. The summed E-state index contributed by atoms with van der Waals surface area (Å²) in [5, 5.41) is 7.72. The van der Waals surface area contributed by atoms with Crippen LogP contribution in [0, 0.1) is 0 Å². The highest BCUT2D eigenvalue weighted by Crippen LogP contribution is 2.40. The number of pyridine rings is 1. The Morgan fingerprint density at radius 3 is 2.84 bits per heavy atom. The zero-order chi connectivity index (χ0) is 17.2. The van der Waals surface area contributed by atoms with Gasteiger partial charge in [0.15, 0.2) is 0 Å². The van der Waals surface area contributed by atoms with E-state index in [1.54, 1.807) is 0 Å². The van der Waals surface area contributed by atoms with Crippen molar-refractivity contribution in [2.75, 3.05) is 31.2 Å². The van der Waals surface area contributed by atoms with Gasteiger partial charge < -0.3 is 16.4 Å². The molecule has 1 heterocycles. The average molecular weight is 332 g/mol. The third-order valence-corrected chi connectivity index (χ3v) is 5.09. The van der Waals surface area contributed by atoms with Crippen LogP contribution >= 0.6 is 0 Å². The van der Waals surface area contributed by atoms with Gasteiger partial charge >= 0.3 is 0 Å². The molecule has 4 heteroatoms. The Morgan fingerprint density at radius 2 is 1.96 bits per heavy atom. The molecule has 2 aromatic carbocycles. The minimum absolute atomic E-state index is 0.356. The van der Waals surface area contributed by atoms with Gasteiger partial charge in [-0.05, 0) is 55.3 Å².